The summed E-state index contributed by atoms with van der Waals surface area (Å²) in [4.78, 5) is 12.5. The van der Waals surface area contributed by atoms with Gasteiger partial charge in [0.1, 0.15) is 0 Å². The summed E-state index contributed by atoms with van der Waals surface area (Å²) in [6, 6.07) is 16.8. The van der Waals surface area contributed by atoms with Crippen LogP contribution in [-0.2, 0) is 10.0 Å². The van der Waals surface area contributed by atoms with E-state index in [1.807, 2.05) is 0 Å². The number of rotatable bonds is 6. The van der Waals surface area contributed by atoms with Crippen molar-refractivity contribution < 1.29 is 13.2 Å². The van der Waals surface area contributed by atoms with Crippen LogP contribution in [-0.4, -0.2) is 20.5 Å². The highest BCUT2D eigenvalue weighted by Gasteiger charge is 2.18. The Labute approximate surface area is 188 Å². The van der Waals surface area contributed by atoms with Gasteiger partial charge in [0.05, 0.1) is 32.4 Å². The van der Waals surface area contributed by atoms with E-state index >= 15 is 0 Å². The van der Waals surface area contributed by atoms with E-state index < -0.39 is 15.9 Å². The van der Waals surface area contributed by atoms with Gasteiger partial charge in [-0.25, -0.2) is 13.8 Å². The van der Waals surface area contributed by atoms with Crippen molar-refractivity contribution in [1.82, 2.24) is 5.43 Å². The molecule has 0 aliphatic heterocycles. The van der Waals surface area contributed by atoms with E-state index in [0.717, 1.165) is 0 Å². The van der Waals surface area contributed by atoms with Crippen LogP contribution in [0.25, 0.3) is 0 Å². The molecule has 154 valence electrons. The molecule has 0 fully saturated rings. The summed E-state index contributed by atoms with van der Waals surface area (Å²) in [5.41, 5.74) is 3.04. The summed E-state index contributed by atoms with van der Waals surface area (Å²) in [5, 5.41) is 4.93. The van der Waals surface area contributed by atoms with Crippen LogP contribution in [0.1, 0.15) is 15.9 Å². The fraction of sp³-hybridized carbons (Fsp3) is 0. The third-order valence-electron chi connectivity index (χ3n) is 3.89. The van der Waals surface area contributed by atoms with Gasteiger partial charge in [-0.15, -0.1) is 0 Å². The first-order valence-electron chi connectivity index (χ1n) is 8.43. The first-order chi connectivity index (χ1) is 14.3. The van der Waals surface area contributed by atoms with E-state index in [0.29, 0.717) is 20.6 Å². The van der Waals surface area contributed by atoms with E-state index in [4.69, 9.17) is 34.8 Å². The lowest BCUT2D eigenvalue weighted by Gasteiger charge is -2.12. The topological polar surface area (TPSA) is 87.6 Å². The van der Waals surface area contributed by atoms with Crippen molar-refractivity contribution in [2.45, 2.75) is 4.90 Å². The van der Waals surface area contributed by atoms with E-state index in [1.54, 1.807) is 30.3 Å². The maximum absolute atomic E-state index is 12.6. The predicted octanol–water partition coefficient (Wildman–Crippen LogP) is 5.21. The van der Waals surface area contributed by atoms with Crippen molar-refractivity contribution >= 4 is 62.6 Å². The molecule has 6 nitrogen and oxygen atoms in total. The number of carbonyl (C=O) groups is 1. The molecule has 3 rings (SSSR count). The molecule has 10 heteroatoms. The Morgan fingerprint density at radius 3 is 2.33 bits per heavy atom. The van der Waals surface area contributed by atoms with Crippen LogP contribution >= 0.6 is 34.8 Å². The highest BCUT2D eigenvalue weighted by atomic mass is 35.5. The number of nitrogens with zero attached hydrogens (tertiary/aromatic N) is 1. The molecule has 0 spiro atoms. The zero-order valence-electron chi connectivity index (χ0n) is 15.1. The van der Waals surface area contributed by atoms with Crippen molar-refractivity contribution in [3.05, 3.63) is 92.9 Å². The Kier molecular flexibility index (Phi) is 6.99. The summed E-state index contributed by atoms with van der Waals surface area (Å²) < 4.78 is 27.6. The molecule has 0 aromatic heterocycles. The lowest BCUT2D eigenvalue weighted by molar-refractivity contribution is 0.0956. The second kappa shape index (κ2) is 9.49. The number of hydrazone groups is 1. The number of sulfonamides is 1. The van der Waals surface area contributed by atoms with E-state index in [-0.39, 0.29) is 16.1 Å². The number of anilines is 1. The Bertz CT molecular complexity index is 1210. The molecule has 0 saturated carbocycles. The summed E-state index contributed by atoms with van der Waals surface area (Å²) in [6.07, 6.45) is 1.34. The average Bonchev–Trinajstić information content (AvgIpc) is 2.71. The van der Waals surface area contributed by atoms with Crippen LogP contribution in [0.5, 0.6) is 0 Å². The number of hydrogen-bond acceptors (Lipinski definition) is 4. The Morgan fingerprint density at radius 2 is 1.60 bits per heavy atom. The van der Waals surface area contributed by atoms with Gasteiger partial charge in [0.25, 0.3) is 15.9 Å². The van der Waals surface area contributed by atoms with Gasteiger partial charge in [-0.1, -0.05) is 59.1 Å². The fourth-order valence-corrected chi connectivity index (χ4v) is 3.99. The van der Waals surface area contributed by atoms with Crippen LogP contribution < -0.4 is 10.1 Å². The zero-order valence-corrected chi connectivity index (χ0v) is 18.2. The van der Waals surface area contributed by atoms with Gasteiger partial charge in [-0.2, -0.15) is 5.10 Å². The molecule has 0 atom stereocenters. The number of para-hydroxylation sites is 1. The molecule has 1 amide bonds. The average molecular weight is 483 g/mol. The normalized spacial score (nSPS) is 11.4. The molecule has 0 unspecified atom stereocenters. The van der Waals surface area contributed by atoms with Gasteiger partial charge in [0.15, 0.2) is 0 Å². The molecule has 2 N–H and O–H groups in total. The van der Waals surface area contributed by atoms with Crippen molar-refractivity contribution in [1.29, 1.82) is 0 Å². The van der Waals surface area contributed by atoms with Crippen LogP contribution in [0, 0.1) is 0 Å². The summed E-state index contributed by atoms with van der Waals surface area (Å²) >= 11 is 17.8. The maximum Gasteiger partial charge on any atom is 0.273 e. The van der Waals surface area contributed by atoms with Crippen LogP contribution in [0.3, 0.4) is 0 Å². The number of nitrogens with one attached hydrogen (secondary N) is 2. The Morgan fingerprint density at radius 1 is 0.900 bits per heavy atom. The Balaban J connectivity index is 1.79. The second-order valence-corrected chi connectivity index (χ2v) is 8.85. The van der Waals surface area contributed by atoms with Crippen LogP contribution in [0.2, 0.25) is 15.1 Å². The van der Waals surface area contributed by atoms with Gasteiger partial charge in [0.2, 0.25) is 0 Å². The highest BCUT2D eigenvalue weighted by Crippen LogP contribution is 2.24. The minimum absolute atomic E-state index is 0.00994. The van der Waals surface area contributed by atoms with Gasteiger partial charge in [0, 0.05) is 10.6 Å². The highest BCUT2D eigenvalue weighted by molar-refractivity contribution is 7.92. The molecule has 0 aliphatic rings. The predicted molar refractivity (Wildman–Crippen MR) is 120 cm³/mol. The van der Waals surface area contributed by atoms with E-state index in [9.17, 15) is 13.2 Å². The van der Waals surface area contributed by atoms with Gasteiger partial charge >= 0.3 is 0 Å². The standard InChI is InChI=1S/C20H14Cl3N3O3S/c21-14-8-10-15(11-9-14)30(28,29)26-18-7-2-1-5-16(18)20(27)25-24-12-13-4-3-6-17(22)19(13)23/h1-12,26H,(H,25,27)/b24-12-. The van der Waals surface area contributed by atoms with Crippen molar-refractivity contribution in [2.75, 3.05) is 4.72 Å². The largest absolute Gasteiger partial charge is 0.279 e. The number of carbonyl (C=O) groups excluding carboxylic acids is 1. The summed E-state index contributed by atoms with van der Waals surface area (Å²) in [5.74, 6) is -0.612. The number of amides is 1. The van der Waals surface area contributed by atoms with Crippen LogP contribution in [0.15, 0.2) is 76.7 Å². The second-order valence-electron chi connectivity index (χ2n) is 5.95. The summed E-state index contributed by atoms with van der Waals surface area (Å²) in [7, 11) is -3.92. The third kappa shape index (κ3) is 5.31. The van der Waals surface area contributed by atoms with E-state index in [2.05, 4.69) is 15.2 Å². The monoisotopic (exact) mass is 481 g/mol. The van der Waals surface area contributed by atoms with Crippen molar-refractivity contribution in [3.63, 3.8) is 0 Å². The van der Waals surface area contributed by atoms with Gasteiger partial charge < -0.3 is 0 Å². The first kappa shape index (κ1) is 22.1. The number of hydrogen-bond donors (Lipinski definition) is 2. The molecule has 0 heterocycles. The third-order valence-corrected chi connectivity index (χ3v) is 6.36. The SMILES string of the molecule is O=C(N/N=C\c1cccc(Cl)c1Cl)c1ccccc1NS(=O)(=O)c1ccc(Cl)cc1. The molecular formula is C20H14Cl3N3O3S. The zero-order chi connectivity index (χ0) is 21.7. The number of benzene rings is 3. The fourth-order valence-electron chi connectivity index (χ4n) is 2.43. The first-order valence-corrected chi connectivity index (χ1v) is 11.0. The molecule has 0 aliphatic carbocycles. The summed E-state index contributed by atoms with van der Waals surface area (Å²) in [6.45, 7) is 0. The van der Waals surface area contributed by atoms with Gasteiger partial charge in [-0.05, 0) is 42.5 Å². The molecule has 0 saturated heterocycles. The molecule has 0 bridgehead atoms. The smallest absolute Gasteiger partial charge is 0.273 e. The van der Waals surface area contributed by atoms with Crippen molar-refractivity contribution in [3.8, 4) is 0 Å². The minimum Gasteiger partial charge on any atom is -0.279 e. The molecular weight excluding hydrogens is 469 g/mol. The van der Waals surface area contributed by atoms with Crippen LogP contribution in [0.4, 0.5) is 5.69 Å². The molecule has 3 aromatic carbocycles. The molecule has 0 radical (unpaired) electrons. The van der Waals surface area contributed by atoms with Crippen molar-refractivity contribution in [2.24, 2.45) is 5.10 Å². The lowest BCUT2D eigenvalue weighted by Crippen LogP contribution is -2.21. The van der Waals surface area contributed by atoms with E-state index in [1.165, 1.54) is 42.6 Å². The maximum atomic E-state index is 12.6. The molecule has 30 heavy (non-hydrogen) atoms. The lowest BCUT2D eigenvalue weighted by atomic mass is 10.2. The van der Waals surface area contributed by atoms with Gasteiger partial charge in [-0.3, -0.25) is 9.52 Å². The Hall–Kier alpha value is -2.58. The quantitative estimate of drug-likeness (QED) is 0.373. The minimum atomic E-state index is -3.92. The molecule has 3 aromatic rings. The number of halogens is 3.